The Bertz CT molecular complexity index is 554. The topological polar surface area (TPSA) is 33.2 Å². The maximum Gasteiger partial charge on any atom is 0.147 e. The van der Waals surface area contributed by atoms with Crippen molar-refractivity contribution < 1.29 is 4.79 Å². The van der Waals surface area contributed by atoms with Gasteiger partial charge < -0.3 is 4.90 Å². The summed E-state index contributed by atoms with van der Waals surface area (Å²) >= 11 is 0. The summed E-state index contributed by atoms with van der Waals surface area (Å²) in [6.45, 7) is 2.78. The molecule has 1 heterocycles. The largest absolute Gasteiger partial charge is 0.309 e. The van der Waals surface area contributed by atoms with Crippen molar-refractivity contribution in [3.05, 3.63) is 66.0 Å². The van der Waals surface area contributed by atoms with E-state index in [0.717, 1.165) is 24.1 Å². The van der Waals surface area contributed by atoms with E-state index >= 15 is 0 Å². The van der Waals surface area contributed by atoms with Gasteiger partial charge in [-0.15, -0.1) is 0 Å². The Morgan fingerprint density at radius 2 is 1.77 bits per heavy atom. The highest BCUT2D eigenvalue weighted by molar-refractivity contribution is 5.93. The van der Waals surface area contributed by atoms with Crippen LogP contribution in [0.1, 0.15) is 30.9 Å². The summed E-state index contributed by atoms with van der Waals surface area (Å²) in [5.41, 5.74) is 1.42. The van der Waals surface area contributed by atoms with Crippen molar-refractivity contribution in [2.45, 2.75) is 25.2 Å². The lowest BCUT2D eigenvalue weighted by Crippen LogP contribution is -2.39. The van der Waals surface area contributed by atoms with Gasteiger partial charge in [0.05, 0.1) is 5.41 Å². The molecule has 0 aliphatic rings. The number of Topliss-reactive ketones (excluding diaryl/α,β-unsaturated/α-hetero) is 1. The van der Waals surface area contributed by atoms with Crippen LogP contribution in [0.4, 0.5) is 0 Å². The third kappa shape index (κ3) is 3.25. The van der Waals surface area contributed by atoms with Crippen molar-refractivity contribution >= 4 is 5.78 Å². The average Bonchev–Trinajstić information content (AvgIpc) is 2.57. The minimum atomic E-state index is -0.617. The van der Waals surface area contributed by atoms with Crippen LogP contribution in [0.15, 0.2) is 54.9 Å². The molecule has 0 saturated carbocycles. The van der Waals surface area contributed by atoms with Gasteiger partial charge in [0.2, 0.25) is 0 Å². The van der Waals surface area contributed by atoms with Gasteiger partial charge in [0.1, 0.15) is 5.78 Å². The summed E-state index contributed by atoms with van der Waals surface area (Å²) in [4.78, 5) is 19.4. The maximum atomic E-state index is 13.0. The van der Waals surface area contributed by atoms with Crippen LogP contribution >= 0.6 is 0 Å². The van der Waals surface area contributed by atoms with Gasteiger partial charge in [-0.25, -0.2) is 0 Å². The van der Waals surface area contributed by atoms with Crippen LogP contribution in [0.3, 0.4) is 0 Å². The molecule has 2 rings (SSSR count). The average molecular weight is 296 g/mol. The van der Waals surface area contributed by atoms with Crippen molar-refractivity contribution in [2.75, 3.05) is 20.6 Å². The lowest BCUT2D eigenvalue weighted by atomic mass is 9.68. The molecule has 0 aliphatic carbocycles. The summed E-state index contributed by atoms with van der Waals surface area (Å²) in [7, 11) is 4.07. The molecule has 0 N–H and O–H groups in total. The predicted molar refractivity (Wildman–Crippen MR) is 89.9 cm³/mol. The van der Waals surface area contributed by atoms with E-state index in [-0.39, 0.29) is 5.78 Å². The zero-order chi connectivity index (χ0) is 16.0. The van der Waals surface area contributed by atoms with Crippen LogP contribution in [0.5, 0.6) is 0 Å². The predicted octanol–water partition coefficient (Wildman–Crippen LogP) is 3.30. The van der Waals surface area contributed by atoms with Gasteiger partial charge in [-0.05, 0) is 44.3 Å². The highest BCUT2D eigenvalue weighted by atomic mass is 16.1. The summed E-state index contributed by atoms with van der Waals surface area (Å²) in [5.74, 6) is 0.244. The molecule has 1 unspecified atom stereocenters. The fraction of sp³-hybridized carbons (Fsp3) is 0.368. The van der Waals surface area contributed by atoms with E-state index in [1.807, 2.05) is 57.5 Å². The van der Waals surface area contributed by atoms with Gasteiger partial charge in [-0.2, -0.15) is 0 Å². The Balaban J connectivity index is 2.61. The number of hydrogen-bond acceptors (Lipinski definition) is 3. The second-order valence-electron chi connectivity index (χ2n) is 5.84. The van der Waals surface area contributed by atoms with E-state index in [2.05, 4.69) is 22.0 Å². The number of aromatic nitrogens is 1. The molecular formula is C19H24N2O. The molecule has 0 radical (unpaired) electrons. The van der Waals surface area contributed by atoms with Gasteiger partial charge in [0.15, 0.2) is 0 Å². The summed E-state index contributed by atoms with van der Waals surface area (Å²) in [6, 6.07) is 14.0. The molecule has 0 bridgehead atoms. The number of pyridine rings is 1. The first-order valence-corrected chi connectivity index (χ1v) is 7.75. The molecule has 1 atom stereocenters. The zero-order valence-electron chi connectivity index (χ0n) is 13.6. The molecule has 0 spiro atoms. The monoisotopic (exact) mass is 296 g/mol. The van der Waals surface area contributed by atoms with Gasteiger partial charge in [0.25, 0.3) is 0 Å². The van der Waals surface area contributed by atoms with Crippen molar-refractivity contribution in [3.63, 3.8) is 0 Å². The first-order chi connectivity index (χ1) is 10.6. The Morgan fingerprint density at radius 3 is 2.32 bits per heavy atom. The number of ketones is 1. The summed E-state index contributed by atoms with van der Waals surface area (Å²) in [6.07, 6.45) is 4.84. The fourth-order valence-corrected chi connectivity index (χ4v) is 2.95. The number of hydrogen-bond donors (Lipinski definition) is 0. The highest BCUT2D eigenvalue weighted by Crippen LogP contribution is 2.37. The van der Waals surface area contributed by atoms with Crippen LogP contribution in [-0.4, -0.2) is 36.3 Å². The molecule has 22 heavy (non-hydrogen) atoms. The zero-order valence-corrected chi connectivity index (χ0v) is 13.6. The van der Waals surface area contributed by atoms with Gasteiger partial charge >= 0.3 is 0 Å². The molecule has 0 aliphatic heterocycles. The van der Waals surface area contributed by atoms with Crippen LogP contribution in [0.25, 0.3) is 0 Å². The lowest BCUT2D eigenvalue weighted by Gasteiger charge is -2.34. The molecule has 0 saturated heterocycles. The maximum absolute atomic E-state index is 13.0. The second kappa shape index (κ2) is 7.32. The number of nitrogens with zero attached hydrogens (tertiary/aromatic N) is 2. The molecule has 0 fully saturated rings. The van der Waals surface area contributed by atoms with E-state index in [9.17, 15) is 4.79 Å². The summed E-state index contributed by atoms with van der Waals surface area (Å²) < 4.78 is 0. The van der Waals surface area contributed by atoms with Crippen LogP contribution in [0, 0.1) is 0 Å². The number of benzene rings is 1. The Labute approximate surface area is 133 Å². The molecule has 2 aromatic rings. The molecule has 1 aromatic carbocycles. The minimum absolute atomic E-state index is 0.244. The second-order valence-corrected chi connectivity index (χ2v) is 5.84. The van der Waals surface area contributed by atoms with Gasteiger partial charge in [-0.3, -0.25) is 9.78 Å². The van der Waals surface area contributed by atoms with E-state index in [1.54, 1.807) is 6.20 Å². The fourth-order valence-electron chi connectivity index (χ4n) is 2.95. The van der Waals surface area contributed by atoms with Crippen molar-refractivity contribution in [1.82, 2.24) is 9.88 Å². The van der Waals surface area contributed by atoms with E-state index < -0.39 is 5.41 Å². The minimum Gasteiger partial charge on any atom is -0.309 e. The highest BCUT2D eigenvalue weighted by Gasteiger charge is 2.40. The van der Waals surface area contributed by atoms with Crippen LogP contribution < -0.4 is 0 Å². The van der Waals surface area contributed by atoms with E-state index in [0.29, 0.717) is 6.42 Å². The number of carbonyl (C=O) groups excluding carboxylic acids is 1. The first kappa shape index (κ1) is 16.4. The number of carbonyl (C=O) groups is 1. The smallest absolute Gasteiger partial charge is 0.147 e. The van der Waals surface area contributed by atoms with Crippen molar-refractivity contribution in [2.24, 2.45) is 0 Å². The van der Waals surface area contributed by atoms with Crippen molar-refractivity contribution in [3.8, 4) is 0 Å². The third-order valence-corrected chi connectivity index (χ3v) is 4.15. The molecular weight excluding hydrogens is 272 g/mol. The van der Waals surface area contributed by atoms with Gasteiger partial charge in [0, 0.05) is 18.8 Å². The molecule has 3 nitrogen and oxygen atoms in total. The Morgan fingerprint density at radius 1 is 1.09 bits per heavy atom. The molecule has 0 amide bonds. The standard InChI is InChI=1S/C19H24N2O/c1-4-18(22)19(12-14-21(2)3,16-9-6-5-7-10-16)17-11-8-13-20-15-17/h5-11,13,15H,4,12,14H2,1-3H3. The third-order valence-electron chi connectivity index (χ3n) is 4.15. The molecule has 116 valence electrons. The quantitative estimate of drug-likeness (QED) is 0.786. The number of rotatable bonds is 7. The molecule has 1 aromatic heterocycles. The van der Waals surface area contributed by atoms with Gasteiger partial charge in [-0.1, -0.05) is 43.3 Å². The Kier molecular flexibility index (Phi) is 5.45. The van der Waals surface area contributed by atoms with E-state index in [4.69, 9.17) is 0 Å². The van der Waals surface area contributed by atoms with Crippen LogP contribution in [0.2, 0.25) is 0 Å². The van der Waals surface area contributed by atoms with Crippen molar-refractivity contribution in [1.29, 1.82) is 0 Å². The van der Waals surface area contributed by atoms with Crippen LogP contribution in [-0.2, 0) is 10.2 Å². The summed E-state index contributed by atoms with van der Waals surface area (Å²) in [5, 5.41) is 0. The SMILES string of the molecule is CCC(=O)C(CCN(C)C)(c1ccccc1)c1cccnc1. The molecule has 3 heteroatoms. The Hall–Kier alpha value is -2.00. The first-order valence-electron chi connectivity index (χ1n) is 7.75. The van der Waals surface area contributed by atoms with E-state index in [1.165, 1.54) is 0 Å². The lowest BCUT2D eigenvalue weighted by molar-refractivity contribution is -0.123. The normalized spacial score (nSPS) is 13.8.